The van der Waals surface area contributed by atoms with Crippen LogP contribution in [-0.2, 0) is 11.2 Å². The third-order valence-electron chi connectivity index (χ3n) is 6.43. The van der Waals surface area contributed by atoms with Crippen molar-refractivity contribution in [2.75, 3.05) is 11.4 Å². The van der Waals surface area contributed by atoms with Gasteiger partial charge in [0.15, 0.2) is 5.78 Å². The van der Waals surface area contributed by atoms with Crippen molar-refractivity contribution in [2.24, 2.45) is 11.8 Å². The van der Waals surface area contributed by atoms with Crippen LogP contribution in [0, 0.1) is 11.8 Å². The van der Waals surface area contributed by atoms with Crippen LogP contribution in [0.3, 0.4) is 0 Å². The maximum absolute atomic E-state index is 13.3. The van der Waals surface area contributed by atoms with Crippen molar-refractivity contribution >= 4 is 33.3 Å². The van der Waals surface area contributed by atoms with Crippen LogP contribution in [0.1, 0.15) is 88.1 Å². The molecule has 154 valence electrons. The van der Waals surface area contributed by atoms with Gasteiger partial charge in [0, 0.05) is 23.7 Å². The van der Waals surface area contributed by atoms with E-state index in [1.54, 1.807) is 0 Å². The molecule has 1 fully saturated rings. The molecule has 0 atom stereocenters. The Kier molecular flexibility index (Phi) is 7.01. The van der Waals surface area contributed by atoms with Gasteiger partial charge < -0.3 is 4.90 Å². The number of amides is 1. The number of nitrogens with zero attached hydrogens (tertiary/aromatic N) is 1. The van der Waals surface area contributed by atoms with Crippen molar-refractivity contribution in [1.82, 2.24) is 0 Å². The zero-order chi connectivity index (χ0) is 20.3. The Bertz CT molecular complexity index is 714. The summed E-state index contributed by atoms with van der Waals surface area (Å²) in [7, 11) is 0. The first-order chi connectivity index (χ1) is 13.3. The van der Waals surface area contributed by atoms with Crippen molar-refractivity contribution in [1.29, 1.82) is 0 Å². The summed E-state index contributed by atoms with van der Waals surface area (Å²) in [6, 6.07) is 5.88. The minimum Gasteiger partial charge on any atom is -0.312 e. The van der Waals surface area contributed by atoms with E-state index in [2.05, 4.69) is 22.9 Å². The molecule has 0 spiro atoms. The van der Waals surface area contributed by atoms with E-state index >= 15 is 0 Å². The number of halogens is 1. The van der Waals surface area contributed by atoms with Crippen LogP contribution in [0.15, 0.2) is 18.2 Å². The summed E-state index contributed by atoms with van der Waals surface area (Å²) in [4.78, 5) is 27.9. The third kappa shape index (κ3) is 4.87. The minimum atomic E-state index is -0.568. The molecule has 1 aromatic carbocycles. The first-order valence-corrected chi connectivity index (χ1v) is 11.8. The van der Waals surface area contributed by atoms with Gasteiger partial charge in [-0.3, -0.25) is 9.59 Å². The number of rotatable bonds is 6. The number of Topliss-reactive ketones (excluding diaryl/α,β-unsaturated/α-hetero) is 1. The van der Waals surface area contributed by atoms with Gasteiger partial charge in [0.25, 0.3) is 0 Å². The van der Waals surface area contributed by atoms with Gasteiger partial charge in [0.1, 0.15) is 0 Å². The van der Waals surface area contributed by atoms with Crippen LogP contribution in [0.5, 0.6) is 0 Å². The van der Waals surface area contributed by atoms with Gasteiger partial charge in [-0.05, 0) is 82.1 Å². The molecule has 1 heterocycles. The molecule has 3 rings (SSSR count). The molecule has 0 aromatic heterocycles. The fourth-order valence-electron chi connectivity index (χ4n) is 4.72. The largest absolute Gasteiger partial charge is 0.312 e. The number of unbranched alkanes of at least 4 members (excludes halogenated alkanes) is 1. The molecule has 0 N–H and O–H groups in total. The molecule has 1 aromatic rings. The number of carbonyl (C=O) groups is 2. The molecule has 3 nitrogen and oxygen atoms in total. The second kappa shape index (κ2) is 9.11. The first kappa shape index (κ1) is 21.5. The summed E-state index contributed by atoms with van der Waals surface area (Å²) in [5.41, 5.74) is 2.89. The Hall–Kier alpha value is -1.16. The van der Waals surface area contributed by atoms with Crippen LogP contribution in [0.4, 0.5) is 5.69 Å². The lowest BCUT2D eigenvalue weighted by Crippen LogP contribution is -2.41. The van der Waals surface area contributed by atoms with Crippen LogP contribution >= 0.6 is 15.9 Å². The van der Waals surface area contributed by atoms with Crippen LogP contribution in [0.25, 0.3) is 0 Å². The Morgan fingerprint density at radius 2 is 1.89 bits per heavy atom. The van der Waals surface area contributed by atoms with Gasteiger partial charge in [-0.15, -0.1) is 0 Å². The average Bonchev–Trinajstić information content (AvgIpc) is 2.70. The van der Waals surface area contributed by atoms with Crippen molar-refractivity contribution in [2.45, 2.75) is 82.9 Å². The van der Waals surface area contributed by atoms with E-state index in [-0.39, 0.29) is 11.7 Å². The third-order valence-corrected chi connectivity index (χ3v) is 6.79. The Morgan fingerprint density at radius 1 is 1.18 bits per heavy atom. The molecule has 1 aliphatic carbocycles. The van der Waals surface area contributed by atoms with Gasteiger partial charge >= 0.3 is 0 Å². The van der Waals surface area contributed by atoms with E-state index in [1.807, 2.05) is 36.9 Å². The molecule has 0 bridgehead atoms. The van der Waals surface area contributed by atoms with E-state index in [0.717, 1.165) is 55.0 Å². The van der Waals surface area contributed by atoms with E-state index in [1.165, 1.54) is 32.1 Å². The highest BCUT2D eigenvalue weighted by atomic mass is 79.9. The van der Waals surface area contributed by atoms with Gasteiger partial charge in [-0.2, -0.15) is 0 Å². The standard InChI is InChI=1S/C24H34BrNO2/c1-4-5-7-17-9-11-18(12-10-17)23(28)26-15-6-8-19-16-20(13-14-21(19)26)22(27)24(2,3)25/h13-14,16-18H,4-12,15H2,1-3H3. The molecule has 2 aliphatic rings. The molecule has 0 unspecified atom stereocenters. The van der Waals surface area contributed by atoms with E-state index < -0.39 is 4.32 Å². The maximum Gasteiger partial charge on any atom is 0.230 e. The van der Waals surface area contributed by atoms with E-state index in [4.69, 9.17) is 0 Å². The lowest BCUT2D eigenvalue weighted by molar-refractivity contribution is -0.123. The van der Waals surface area contributed by atoms with Gasteiger partial charge in [-0.1, -0.05) is 42.1 Å². The number of benzene rings is 1. The zero-order valence-corrected chi connectivity index (χ0v) is 19.2. The minimum absolute atomic E-state index is 0.0872. The van der Waals surface area contributed by atoms with E-state index in [9.17, 15) is 9.59 Å². The van der Waals surface area contributed by atoms with Crippen molar-refractivity contribution in [3.8, 4) is 0 Å². The number of fused-ring (bicyclic) bond motifs is 1. The van der Waals surface area contributed by atoms with Gasteiger partial charge in [-0.25, -0.2) is 0 Å². The zero-order valence-electron chi connectivity index (χ0n) is 17.6. The molecule has 1 amide bonds. The molecule has 28 heavy (non-hydrogen) atoms. The lowest BCUT2D eigenvalue weighted by Gasteiger charge is -2.35. The summed E-state index contributed by atoms with van der Waals surface area (Å²) in [5.74, 6) is 1.38. The highest BCUT2D eigenvalue weighted by molar-refractivity contribution is 9.10. The quantitative estimate of drug-likeness (QED) is 0.377. The molecule has 4 heteroatoms. The van der Waals surface area contributed by atoms with Gasteiger partial charge in [0.05, 0.1) is 4.32 Å². The lowest BCUT2D eigenvalue weighted by atomic mass is 9.79. The Balaban J connectivity index is 1.70. The molecule has 0 saturated heterocycles. The maximum atomic E-state index is 13.3. The molecule has 0 radical (unpaired) electrons. The summed E-state index contributed by atoms with van der Waals surface area (Å²) < 4.78 is -0.568. The van der Waals surface area contributed by atoms with Crippen LogP contribution in [0.2, 0.25) is 0 Å². The van der Waals surface area contributed by atoms with E-state index in [0.29, 0.717) is 5.91 Å². The summed E-state index contributed by atoms with van der Waals surface area (Å²) in [6.07, 6.45) is 10.3. The fraction of sp³-hybridized carbons (Fsp3) is 0.667. The second-order valence-electron chi connectivity index (χ2n) is 9.10. The number of aryl methyl sites for hydroxylation is 1. The van der Waals surface area contributed by atoms with Gasteiger partial charge in [0.2, 0.25) is 5.91 Å². The van der Waals surface area contributed by atoms with Crippen LogP contribution < -0.4 is 4.90 Å². The fourth-order valence-corrected chi connectivity index (χ4v) is 4.95. The highest BCUT2D eigenvalue weighted by Gasteiger charge is 2.33. The Labute approximate surface area is 178 Å². The topological polar surface area (TPSA) is 37.4 Å². The monoisotopic (exact) mass is 447 g/mol. The normalized spacial score (nSPS) is 22.6. The SMILES string of the molecule is CCCCC1CCC(C(=O)N2CCCc3cc(C(=O)C(C)(C)Br)ccc32)CC1. The summed E-state index contributed by atoms with van der Waals surface area (Å²) >= 11 is 3.47. The second-order valence-corrected chi connectivity index (χ2v) is 11.1. The van der Waals surface area contributed by atoms with Crippen molar-refractivity contribution < 1.29 is 9.59 Å². The van der Waals surface area contributed by atoms with Crippen molar-refractivity contribution in [3.05, 3.63) is 29.3 Å². The van der Waals surface area contributed by atoms with Crippen LogP contribution in [-0.4, -0.2) is 22.6 Å². The summed E-state index contributed by atoms with van der Waals surface area (Å²) in [6.45, 7) is 6.81. The molecular formula is C24H34BrNO2. The predicted octanol–water partition coefficient (Wildman–Crippen LogP) is 6.32. The molecule has 1 saturated carbocycles. The molecule has 1 aliphatic heterocycles. The Morgan fingerprint density at radius 3 is 2.54 bits per heavy atom. The number of hydrogen-bond acceptors (Lipinski definition) is 2. The number of ketones is 1. The highest BCUT2D eigenvalue weighted by Crippen LogP contribution is 2.36. The molecular weight excluding hydrogens is 414 g/mol. The number of hydrogen-bond donors (Lipinski definition) is 0. The first-order valence-electron chi connectivity index (χ1n) is 11.0. The number of alkyl halides is 1. The summed E-state index contributed by atoms with van der Waals surface area (Å²) in [5, 5.41) is 0. The smallest absolute Gasteiger partial charge is 0.230 e. The average molecular weight is 448 g/mol. The number of carbonyl (C=O) groups excluding carboxylic acids is 2. The van der Waals surface area contributed by atoms with Crippen molar-refractivity contribution in [3.63, 3.8) is 0 Å². The predicted molar refractivity (Wildman–Crippen MR) is 119 cm³/mol. The number of anilines is 1.